The molecule has 0 saturated carbocycles. The van der Waals surface area contributed by atoms with Crippen LogP contribution in [-0.4, -0.2) is 32.2 Å². The van der Waals surface area contributed by atoms with E-state index >= 15 is 0 Å². The minimum atomic E-state index is -3.26. The number of nitrogens with two attached hydrogens (primary N) is 1. The Morgan fingerprint density at radius 3 is 2.76 bits per heavy atom. The Labute approximate surface area is 102 Å². The Morgan fingerprint density at radius 1 is 1.53 bits per heavy atom. The van der Waals surface area contributed by atoms with Gasteiger partial charge in [-0.1, -0.05) is 6.92 Å². The second kappa shape index (κ2) is 5.97. The average Bonchev–Trinajstić information content (AvgIpc) is 2.27. The average molecular weight is 257 g/mol. The SMILES string of the molecule is CCC(CCN)Nc1ncccc1S(C)(=O)=O. The molecular formula is C11H19N3O2S. The Kier molecular flexibility index (Phi) is 4.89. The van der Waals surface area contributed by atoms with Crippen LogP contribution < -0.4 is 11.1 Å². The number of hydrogen-bond donors (Lipinski definition) is 2. The van der Waals surface area contributed by atoms with Crippen LogP contribution in [0.3, 0.4) is 0 Å². The zero-order chi connectivity index (χ0) is 12.9. The van der Waals surface area contributed by atoms with Crippen LogP contribution in [0.4, 0.5) is 5.82 Å². The highest BCUT2D eigenvalue weighted by Gasteiger charge is 2.16. The van der Waals surface area contributed by atoms with Gasteiger partial charge < -0.3 is 11.1 Å². The smallest absolute Gasteiger partial charge is 0.179 e. The third-order valence-corrected chi connectivity index (χ3v) is 3.65. The zero-order valence-corrected chi connectivity index (χ0v) is 11.0. The summed E-state index contributed by atoms with van der Waals surface area (Å²) in [6.07, 6.45) is 4.42. The Bertz CT molecular complexity index is 460. The topological polar surface area (TPSA) is 85.1 Å². The molecular weight excluding hydrogens is 238 g/mol. The predicted molar refractivity (Wildman–Crippen MR) is 68.7 cm³/mol. The van der Waals surface area contributed by atoms with Crippen LogP contribution in [0.1, 0.15) is 19.8 Å². The largest absolute Gasteiger partial charge is 0.366 e. The summed E-state index contributed by atoms with van der Waals surface area (Å²) in [4.78, 5) is 4.32. The van der Waals surface area contributed by atoms with Gasteiger partial charge in [-0.2, -0.15) is 0 Å². The minimum absolute atomic E-state index is 0.149. The lowest BCUT2D eigenvalue weighted by Gasteiger charge is -2.18. The molecule has 0 radical (unpaired) electrons. The summed E-state index contributed by atoms with van der Waals surface area (Å²) in [6, 6.07) is 3.32. The fourth-order valence-electron chi connectivity index (χ4n) is 1.57. The van der Waals surface area contributed by atoms with Crippen molar-refractivity contribution in [1.29, 1.82) is 0 Å². The molecule has 1 unspecified atom stereocenters. The number of sulfone groups is 1. The molecule has 6 heteroatoms. The summed E-state index contributed by atoms with van der Waals surface area (Å²) in [5.41, 5.74) is 5.50. The molecule has 5 nitrogen and oxygen atoms in total. The van der Waals surface area contributed by atoms with Gasteiger partial charge >= 0.3 is 0 Å². The molecule has 1 heterocycles. The number of anilines is 1. The molecule has 0 aliphatic carbocycles. The number of nitrogens with one attached hydrogen (secondary N) is 1. The van der Waals surface area contributed by atoms with Crippen molar-refractivity contribution in [3.8, 4) is 0 Å². The van der Waals surface area contributed by atoms with Crippen LogP contribution in [-0.2, 0) is 9.84 Å². The highest BCUT2D eigenvalue weighted by atomic mass is 32.2. The van der Waals surface area contributed by atoms with Gasteiger partial charge in [0, 0.05) is 18.5 Å². The number of hydrogen-bond acceptors (Lipinski definition) is 5. The quantitative estimate of drug-likeness (QED) is 0.795. The van der Waals surface area contributed by atoms with Gasteiger partial charge in [-0.05, 0) is 31.5 Å². The Hall–Kier alpha value is -1.14. The second-order valence-electron chi connectivity index (χ2n) is 3.95. The van der Waals surface area contributed by atoms with Gasteiger partial charge in [0.05, 0.1) is 0 Å². The standard InChI is InChI=1S/C11H19N3O2S/c1-3-9(6-7-12)14-11-10(17(2,15)16)5-4-8-13-11/h4-5,8-9H,3,6-7,12H2,1-2H3,(H,13,14). The summed E-state index contributed by atoms with van der Waals surface area (Å²) < 4.78 is 23.2. The number of nitrogens with zero attached hydrogens (tertiary/aromatic N) is 1. The summed E-state index contributed by atoms with van der Waals surface area (Å²) in [5.74, 6) is 0.412. The first kappa shape index (κ1) is 13.9. The van der Waals surface area contributed by atoms with E-state index in [2.05, 4.69) is 10.3 Å². The molecule has 0 fully saturated rings. The molecule has 1 aromatic rings. The van der Waals surface area contributed by atoms with E-state index in [0.29, 0.717) is 12.4 Å². The lowest BCUT2D eigenvalue weighted by Crippen LogP contribution is -2.23. The van der Waals surface area contributed by atoms with Crippen molar-refractivity contribution in [3.63, 3.8) is 0 Å². The highest BCUT2D eigenvalue weighted by Crippen LogP contribution is 2.19. The van der Waals surface area contributed by atoms with Crippen LogP contribution in [0, 0.1) is 0 Å². The maximum Gasteiger partial charge on any atom is 0.179 e. The highest BCUT2D eigenvalue weighted by molar-refractivity contribution is 7.90. The molecule has 0 aliphatic rings. The van der Waals surface area contributed by atoms with Gasteiger partial charge in [0.2, 0.25) is 0 Å². The second-order valence-corrected chi connectivity index (χ2v) is 5.93. The monoisotopic (exact) mass is 257 g/mol. The van der Waals surface area contributed by atoms with Crippen molar-refractivity contribution in [1.82, 2.24) is 4.98 Å². The van der Waals surface area contributed by atoms with Gasteiger partial charge in [-0.15, -0.1) is 0 Å². The van der Waals surface area contributed by atoms with Gasteiger partial charge in [0.25, 0.3) is 0 Å². The van der Waals surface area contributed by atoms with E-state index in [-0.39, 0.29) is 10.9 Å². The van der Waals surface area contributed by atoms with Crippen molar-refractivity contribution in [2.45, 2.75) is 30.7 Å². The van der Waals surface area contributed by atoms with Crippen molar-refractivity contribution in [2.24, 2.45) is 5.73 Å². The number of rotatable bonds is 6. The van der Waals surface area contributed by atoms with E-state index in [4.69, 9.17) is 5.73 Å². The molecule has 0 bridgehead atoms. The third-order valence-electron chi connectivity index (χ3n) is 2.52. The van der Waals surface area contributed by atoms with Gasteiger partial charge in [-0.25, -0.2) is 13.4 Å². The molecule has 0 aliphatic heterocycles. The van der Waals surface area contributed by atoms with Gasteiger partial charge in [0.15, 0.2) is 9.84 Å². The number of pyridine rings is 1. The molecule has 0 spiro atoms. The number of aromatic nitrogens is 1. The van der Waals surface area contributed by atoms with Crippen LogP contribution in [0.2, 0.25) is 0 Å². The van der Waals surface area contributed by atoms with Gasteiger partial charge in [0.1, 0.15) is 10.7 Å². The van der Waals surface area contributed by atoms with Crippen molar-refractivity contribution >= 4 is 15.7 Å². The summed E-state index contributed by atoms with van der Waals surface area (Å²) in [6.45, 7) is 2.59. The molecule has 1 aromatic heterocycles. The van der Waals surface area contributed by atoms with Crippen molar-refractivity contribution in [2.75, 3.05) is 18.1 Å². The molecule has 3 N–H and O–H groups in total. The summed E-state index contributed by atoms with van der Waals surface area (Å²) in [5, 5.41) is 3.13. The zero-order valence-electron chi connectivity index (χ0n) is 10.2. The van der Waals surface area contributed by atoms with E-state index < -0.39 is 9.84 Å². The molecule has 96 valence electrons. The Morgan fingerprint density at radius 2 is 2.24 bits per heavy atom. The molecule has 0 amide bonds. The fraction of sp³-hybridized carbons (Fsp3) is 0.545. The summed E-state index contributed by atoms with van der Waals surface area (Å²) in [7, 11) is -3.26. The van der Waals surface area contributed by atoms with Gasteiger partial charge in [-0.3, -0.25) is 0 Å². The normalized spacial score (nSPS) is 13.4. The maximum atomic E-state index is 11.6. The molecule has 17 heavy (non-hydrogen) atoms. The first-order valence-corrected chi connectivity index (χ1v) is 7.49. The van der Waals surface area contributed by atoms with E-state index in [1.54, 1.807) is 18.3 Å². The van der Waals surface area contributed by atoms with Crippen molar-refractivity contribution < 1.29 is 8.42 Å². The fourth-order valence-corrected chi connectivity index (χ4v) is 2.36. The maximum absolute atomic E-state index is 11.6. The van der Waals surface area contributed by atoms with E-state index in [9.17, 15) is 8.42 Å². The predicted octanol–water partition coefficient (Wildman–Crippen LogP) is 1.02. The molecule has 0 saturated heterocycles. The molecule has 1 rings (SSSR count). The molecule has 1 atom stereocenters. The first-order valence-electron chi connectivity index (χ1n) is 5.60. The van der Waals surface area contributed by atoms with Crippen LogP contribution >= 0.6 is 0 Å². The van der Waals surface area contributed by atoms with E-state index in [0.717, 1.165) is 12.8 Å². The molecule has 0 aromatic carbocycles. The van der Waals surface area contributed by atoms with Crippen LogP contribution in [0.25, 0.3) is 0 Å². The minimum Gasteiger partial charge on any atom is -0.366 e. The lowest BCUT2D eigenvalue weighted by molar-refractivity contribution is 0.600. The van der Waals surface area contributed by atoms with Crippen molar-refractivity contribution in [3.05, 3.63) is 18.3 Å². The van der Waals surface area contributed by atoms with E-state index in [1.807, 2.05) is 6.92 Å². The summed E-state index contributed by atoms with van der Waals surface area (Å²) >= 11 is 0. The van der Waals surface area contributed by atoms with Crippen LogP contribution in [0.5, 0.6) is 0 Å². The van der Waals surface area contributed by atoms with E-state index in [1.165, 1.54) is 6.26 Å². The Balaban J connectivity index is 2.98. The first-order chi connectivity index (χ1) is 7.99. The van der Waals surface area contributed by atoms with Crippen LogP contribution in [0.15, 0.2) is 23.2 Å². The third kappa shape index (κ3) is 3.98. The lowest BCUT2D eigenvalue weighted by atomic mass is 10.1.